The van der Waals surface area contributed by atoms with Crippen LogP contribution < -0.4 is 0 Å². The summed E-state index contributed by atoms with van der Waals surface area (Å²) in [5, 5.41) is 0. The minimum Gasteiger partial charge on any atom is -0.257 e. The number of nitrogens with zero attached hydrogens (tertiary/aromatic N) is 1. The van der Waals surface area contributed by atoms with Gasteiger partial charge in [0.25, 0.3) is 0 Å². The summed E-state index contributed by atoms with van der Waals surface area (Å²) >= 11 is 0. The van der Waals surface area contributed by atoms with E-state index >= 15 is 0 Å². The van der Waals surface area contributed by atoms with E-state index in [1.807, 2.05) is 12.1 Å². The molecule has 0 spiro atoms. The maximum absolute atomic E-state index is 4.74. The Labute approximate surface area is 119 Å². The molecule has 0 aliphatic heterocycles. The largest absolute Gasteiger partial charge is 0.257 e. The van der Waals surface area contributed by atoms with E-state index in [2.05, 4.69) is 67.6 Å². The fraction of sp³-hybridized carbons (Fsp3) is 0.105. The first-order chi connectivity index (χ1) is 9.83. The first-order valence-corrected chi connectivity index (χ1v) is 6.89. The molecule has 0 fully saturated rings. The molecular formula is C19H17N. The highest BCUT2D eigenvalue weighted by Gasteiger charge is 2.04. The zero-order valence-corrected chi connectivity index (χ0v) is 11.6. The molecule has 1 nitrogen and oxygen atoms in total. The molecule has 1 heteroatoms. The Morgan fingerprint density at radius 1 is 0.750 bits per heavy atom. The van der Waals surface area contributed by atoms with Gasteiger partial charge in [-0.3, -0.25) is 4.98 Å². The van der Waals surface area contributed by atoms with Gasteiger partial charge < -0.3 is 0 Å². The Morgan fingerprint density at radius 2 is 1.40 bits per heavy atom. The van der Waals surface area contributed by atoms with Crippen LogP contribution in [0.5, 0.6) is 0 Å². The molecule has 0 saturated heterocycles. The van der Waals surface area contributed by atoms with Crippen LogP contribution in [0.25, 0.3) is 11.1 Å². The lowest BCUT2D eigenvalue weighted by Crippen LogP contribution is -1.96. The minimum atomic E-state index is 0.886. The minimum absolute atomic E-state index is 0.886. The molecule has 0 amide bonds. The van der Waals surface area contributed by atoms with Gasteiger partial charge in [0.05, 0.1) is 0 Å². The maximum Gasteiger partial charge on any atom is 0.0454 e. The van der Waals surface area contributed by atoms with Gasteiger partial charge in [0, 0.05) is 23.4 Å². The molecule has 0 aliphatic carbocycles. The second-order valence-corrected chi connectivity index (χ2v) is 4.96. The number of aromatic nitrogens is 1. The lowest BCUT2D eigenvalue weighted by molar-refractivity contribution is 1.04. The Balaban J connectivity index is 1.88. The number of aryl methyl sites for hydroxylation is 1. The van der Waals surface area contributed by atoms with E-state index in [4.69, 9.17) is 4.98 Å². The summed E-state index contributed by atoms with van der Waals surface area (Å²) < 4.78 is 0. The summed E-state index contributed by atoms with van der Waals surface area (Å²) in [6, 6.07) is 25.2. The fourth-order valence-corrected chi connectivity index (χ4v) is 2.44. The van der Waals surface area contributed by atoms with Crippen LogP contribution in [-0.2, 0) is 6.42 Å². The second-order valence-electron chi connectivity index (χ2n) is 4.96. The SMILES string of the molecule is Cc1nc(Cc2ccccc2)ccc1-c1ccccc1. The van der Waals surface area contributed by atoms with Crippen LogP contribution in [0.2, 0.25) is 0 Å². The van der Waals surface area contributed by atoms with Gasteiger partial charge in [0.2, 0.25) is 0 Å². The lowest BCUT2D eigenvalue weighted by atomic mass is 10.0. The van der Waals surface area contributed by atoms with Crippen molar-refractivity contribution in [2.75, 3.05) is 0 Å². The van der Waals surface area contributed by atoms with Crippen molar-refractivity contribution in [3.05, 3.63) is 89.7 Å². The van der Waals surface area contributed by atoms with Crippen molar-refractivity contribution >= 4 is 0 Å². The van der Waals surface area contributed by atoms with Gasteiger partial charge in [-0.15, -0.1) is 0 Å². The molecule has 98 valence electrons. The van der Waals surface area contributed by atoms with Gasteiger partial charge in [-0.25, -0.2) is 0 Å². The lowest BCUT2D eigenvalue weighted by Gasteiger charge is -2.08. The van der Waals surface area contributed by atoms with E-state index < -0.39 is 0 Å². The first kappa shape index (κ1) is 12.6. The number of hydrogen-bond donors (Lipinski definition) is 0. The van der Waals surface area contributed by atoms with E-state index in [1.54, 1.807) is 0 Å². The summed E-state index contributed by atoms with van der Waals surface area (Å²) in [5.41, 5.74) is 5.94. The molecule has 0 bridgehead atoms. The summed E-state index contributed by atoms with van der Waals surface area (Å²) in [7, 11) is 0. The second kappa shape index (κ2) is 5.70. The topological polar surface area (TPSA) is 12.9 Å². The highest BCUT2D eigenvalue weighted by Crippen LogP contribution is 2.22. The summed E-state index contributed by atoms with van der Waals surface area (Å²) in [6.07, 6.45) is 0.886. The molecule has 3 rings (SSSR count). The Kier molecular flexibility index (Phi) is 3.60. The van der Waals surface area contributed by atoms with E-state index in [0.717, 1.165) is 17.8 Å². The van der Waals surface area contributed by atoms with Gasteiger partial charge in [0.15, 0.2) is 0 Å². The van der Waals surface area contributed by atoms with Crippen LogP contribution in [0.15, 0.2) is 72.8 Å². The monoisotopic (exact) mass is 259 g/mol. The quantitative estimate of drug-likeness (QED) is 0.667. The van der Waals surface area contributed by atoms with Crippen LogP contribution >= 0.6 is 0 Å². The van der Waals surface area contributed by atoms with Crippen LogP contribution in [0.1, 0.15) is 17.0 Å². The van der Waals surface area contributed by atoms with Crippen LogP contribution in [0, 0.1) is 6.92 Å². The maximum atomic E-state index is 4.74. The zero-order chi connectivity index (χ0) is 13.8. The molecule has 0 radical (unpaired) electrons. The van der Waals surface area contributed by atoms with Gasteiger partial charge in [0.1, 0.15) is 0 Å². The fourth-order valence-electron chi connectivity index (χ4n) is 2.44. The summed E-state index contributed by atoms with van der Waals surface area (Å²) in [5.74, 6) is 0. The number of rotatable bonds is 3. The predicted molar refractivity (Wildman–Crippen MR) is 83.7 cm³/mol. The predicted octanol–water partition coefficient (Wildman–Crippen LogP) is 4.65. The molecule has 0 N–H and O–H groups in total. The van der Waals surface area contributed by atoms with E-state index in [0.29, 0.717) is 0 Å². The smallest absolute Gasteiger partial charge is 0.0454 e. The summed E-state index contributed by atoms with van der Waals surface area (Å²) in [6.45, 7) is 2.08. The van der Waals surface area contributed by atoms with Crippen molar-refractivity contribution < 1.29 is 0 Å². The molecule has 3 aromatic rings. The molecule has 20 heavy (non-hydrogen) atoms. The van der Waals surface area contributed by atoms with Crippen LogP contribution in [0.3, 0.4) is 0 Å². The van der Waals surface area contributed by atoms with Gasteiger partial charge in [-0.05, 0) is 24.1 Å². The molecule has 0 saturated carbocycles. The molecule has 2 aromatic carbocycles. The van der Waals surface area contributed by atoms with Crippen molar-refractivity contribution in [3.8, 4) is 11.1 Å². The highest BCUT2D eigenvalue weighted by atomic mass is 14.7. The molecule has 1 aromatic heterocycles. The van der Waals surface area contributed by atoms with Crippen LogP contribution in [0.4, 0.5) is 0 Å². The molecule has 0 unspecified atom stereocenters. The van der Waals surface area contributed by atoms with Crippen molar-refractivity contribution in [2.45, 2.75) is 13.3 Å². The number of pyridine rings is 1. The Morgan fingerprint density at radius 3 is 2.05 bits per heavy atom. The van der Waals surface area contributed by atoms with Crippen LogP contribution in [-0.4, -0.2) is 4.98 Å². The van der Waals surface area contributed by atoms with Gasteiger partial charge >= 0.3 is 0 Å². The number of benzene rings is 2. The third-order valence-corrected chi connectivity index (χ3v) is 3.46. The summed E-state index contributed by atoms with van der Waals surface area (Å²) in [4.78, 5) is 4.74. The first-order valence-electron chi connectivity index (χ1n) is 6.89. The Hall–Kier alpha value is -2.41. The Bertz CT molecular complexity index is 687. The van der Waals surface area contributed by atoms with Crippen molar-refractivity contribution in [1.82, 2.24) is 4.98 Å². The average molecular weight is 259 g/mol. The van der Waals surface area contributed by atoms with Crippen molar-refractivity contribution in [1.29, 1.82) is 0 Å². The van der Waals surface area contributed by atoms with Crippen molar-refractivity contribution in [2.24, 2.45) is 0 Å². The standard InChI is InChI=1S/C19H17N/c1-15-19(17-10-6-3-7-11-17)13-12-18(20-15)14-16-8-4-2-5-9-16/h2-13H,14H2,1H3. The van der Waals surface area contributed by atoms with E-state index in [1.165, 1.54) is 16.7 Å². The molecular weight excluding hydrogens is 242 g/mol. The number of hydrogen-bond acceptors (Lipinski definition) is 1. The van der Waals surface area contributed by atoms with Crippen molar-refractivity contribution in [3.63, 3.8) is 0 Å². The van der Waals surface area contributed by atoms with Gasteiger partial charge in [-0.2, -0.15) is 0 Å². The normalized spacial score (nSPS) is 10.4. The van der Waals surface area contributed by atoms with E-state index in [9.17, 15) is 0 Å². The van der Waals surface area contributed by atoms with E-state index in [-0.39, 0.29) is 0 Å². The molecule has 0 aliphatic rings. The average Bonchev–Trinajstić information content (AvgIpc) is 2.49. The van der Waals surface area contributed by atoms with Gasteiger partial charge in [-0.1, -0.05) is 66.7 Å². The third kappa shape index (κ3) is 2.77. The molecule has 1 heterocycles. The third-order valence-electron chi connectivity index (χ3n) is 3.46. The molecule has 0 atom stereocenters. The highest BCUT2D eigenvalue weighted by molar-refractivity contribution is 5.65. The zero-order valence-electron chi connectivity index (χ0n) is 11.6.